The lowest BCUT2D eigenvalue weighted by Crippen LogP contribution is -2.69. The molecule has 0 aliphatic heterocycles. The van der Waals surface area contributed by atoms with E-state index in [1.807, 2.05) is 54.6 Å². The van der Waals surface area contributed by atoms with Crippen LogP contribution in [0.1, 0.15) is 5.56 Å². The Morgan fingerprint density at radius 1 is 1.11 bits per heavy atom. The summed E-state index contributed by atoms with van der Waals surface area (Å²) >= 11 is 0. The Hall–Kier alpha value is -2.33. The predicted octanol–water partition coefficient (Wildman–Crippen LogP) is 0.382. The summed E-state index contributed by atoms with van der Waals surface area (Å²) < 4.78 is 5.68. The Bertz CT molecular complexity index is 554. The number of rotatable bonds is 5. The molecule has 0 amide bonds. The van der Waals surface area contributed by atoms with Gasteiger partial charge in [0, 0.05) is 6.42 Å². The molecule has 19 heavy (non-hydrogen) atoms. The van der Waals surface area contributed by atoms with Crippen molar-refractivity contribution in [3.8, 4) is 11.5 Å². The molecule has 2 aromatic rings. The molecule has 0 radical (unpaired) electrons. The van der Waals surface area contributed by atoms with Crippen LogP contribution in [-0.2, 0) is 11.2 Å². The Morgan fingerprint density at radius 2 is 1.79 bits per heavy atom. The highest BCUT2D eigenvalue weighted by atomic mass is 16.5. The molecule has 2 rings (SSSR count). The van der Waals surface area contributed by atoms with Crippen LogP contribution in [0.5, 0.6) is 11.5 Å². The number of benzene rings is 2. The first-order chi connectivity index (χ1) is 9.15. The molecule has 0 heterocycles. The molecule has 2 aromatic carbocycles. The lowest BCUT2D eigenvalue weighted by Gasteiger charge is -2.11. The summed E-state index contributed by atoms with van der Waals surface area (Å²) in [5, 5.41) is 10.7. The third-order valence-corrected chi connectivity index (χ3v) is 2.69. The molecule has 4 heteroatoms. The van der Waals surface area contributed by atoms with Gasteiger partial charge in [-0.05, 0) is 29.8 Å². The summed E-state index contributed by atoms with van der Waals surface area (Å²) in [6.07, 6.45) is 0.328. The molecule has 0 saturated heterocycles. The number of carboxylic acids is 1. The van der Waals surface area contributed by atoms with Crippen molar-refractivity contribution in [3.05, 3.63) is 60.2 Å². The van der Waals surface area contributed by atoms with Crippen LogP contribution in [0.2, 0.25) is 0 Å². The highest BCUT2D eigenvalue weighted by Crippen LogP contribution is 2.22. The molecule has 0 aliphatic carbocycles. The van der Waals surface area contributed by atoms with Crippen molar-refractivity contribution in [1.29, 1.82) is 0 Å². The molecule has 0 bridgehead atoms. The average molecular weight is 257 g/mol. The number of carbonyl (C=O) groups is 1. The summed E-state index contributed by atoms with van der Waals surface area (Å²) in [4.78, 5) is 10.7. The van der Waals surface area contributed by atoms with Crippen molar-refractivity contribution < 1.29 is 20.4 Å². The molecule has 3 N–H and O–H groups in total. The Balaban J connectivity index is 2.09. The van der Waals surface area contributed by atoms with E-state index >= 15 is 0 Å². The molecule has 0 aliphatic rings. The van der Waals surface area contributed by atoms with Crippen LogP contribution >= 0.6 is 0 Å². The molecule has 98 valence electrons. The number of aliphatic carboxylic acids is 1. The van der Waals surface area contributed by atoms with E-state index in [9.17, 15) is 9.90 Å². The molecule has 0 unspecified atom stereocenters. The van der Waals surface area contributed by atoms with Gasteiger partial charge >= 0.3 is 0 Å². The molecule has 0 aromatic heterocycles. The van der Waals surface area contributed by atoms with E-state index in [1.165, 1.54) is 0 Å². The van der Waals surface area contributed by atoms with Crippen LogP contribution in [0.3, 0.4) is 0 Å². The molecule has 4 nitrogen and oxygen atoms in total. The van der Waals surface area contributed by atoms with Crippen molar-refractivity contribution in [2.45, 2.75) is 12.5 Å². The second kappa shape index (κ2) is 6.02. The summed E-state index contributed by atoms with van der Waals surface area (Å²) in [5.41, 5.74) is 4.40. The normalized spacial score (nSPS) is 11.8. The van der Waals surface area contributed by atoms with Crippen molar-refractivity contribution in [1.82, 2.24) is 0 Å². The van der Waals surface area contributed by atoms with Crippen molar-refractivity contribution in [2.75, 3.05) is 0 Å². The highest BCUT2D eigenvalue weighted by molar-refractivity contribution is 5.69. The Labute approximate surface area is 111 Å². The fourth-order valence-corrected chi connectivity index (χ4v) is 1.73. The molecular weight excluding hydrogens is 242 g/mol. The number of hydrogen-bond acceptors (Lipinski definition) is 3. The topological polar surface area (TPSA) is 77.0 Å². The molecule has 0 spiro atoms. The maximum atomic E-state index is 10.7. The van der Waals surface area contributed by atoms with Gasteiger partial charge in [-0.1, -0.05) is 30.3 Å². The summed E-state index contributed by atoms with van der Waals surface area (Å²) in [7, 11) is 0. The largest absolute Gasteiger partial charge is 0.544 e. The summed E-state index contributed by atoms with van der Waals surface area (Å²) in [6, 6.07) is 16.0. The number of carbonyl (C=O) groups excluding carboxylic acids is 1. The van der Waals surface area contributed by atoms with Gasteiger partial charge in [-0.15, -0.1) is 0 Å². The minimum Gasteiger partial charge on any atom is -0.544 e. The van der Waals surface area contributed by atoms with Gasteiger partial charge < -0.3 is 20.4 Å². The minimum atomic E-state index is -1.14. The second-order valence-corrected chi connectivity index (χ2v) is 4.28. The smallest absolute Gasteiger partial charge is 0.129 e. The van der Waals surface area contributed by atoms with Crippen LogP contribution < -0.4 is 15.6 Å². The van der Waals surface area contributed by atoms with Crippen LogP contribution in [0.4, 0.5) is 0 Å². The lowest BCUT2D eigenvalue weighted by atomic mass is 10.1. The Morgan fingerprint density at radius 3 is 2.47 bits per heavy atom. The molecule has 0 saturated carbocycles. The van der Waals surface area contributed by atoms with Gasteiger partial charge in [-0.3, -0.25) is 0 Å². The first-order valence-corrected chi connectivity index (χ1v) is 6.01. The van der Waals surface area contributed by atoms with E-state index in [0.29, 0.717) is 12.2 Å². The predicted molar refractivity (Wildman–Crippen MR) is 68.3 cm³/mol. The first-order valence-electron chi connectivity index (χ1n) is 6.01. The van der Waals surface area contributed by atoms with Crippen LogP contribution in [-0.4, -0.2) is 12.0 Å². The SMILES string of the molecule is [NH3+][C@H](Cc1cccc(Oc2ccccc2)c1)C(=O)[O-]. The van der Waals surface area contributed by atoms with Gasteiger partial charge in [0.15, 0.2) is 0 Å². The van der Waals surface area contributed by atoms with Gasteiger partial charge in [-0.25, -0.2) is 0 Å². The molecular formula is C15H15NO3. The minimum absolute atomic E-state index is 0.328. The van der Waals surface area contributed by atoms with Crippen LogP contribution in [0, 0.1) is 0 Å². The fraction of sp³-hybridized carbons (Fsp3) is 0.133. The average Bonchev–Trinajstić information content (AvgIpc) is 2.40. The van der Waals surface area contributed by atoms with E-state index in [0.717, 1.165) is 11.3 Å². The van der Waals surface area contributed by atoms with E-state index in [2.05, 4.69) is 5.73 Å². The third-order valence-electron chi connectivity index (χ3n) is 2.69. The zero-order valence-corrected chi connectivity index (χ0v) is 10.4. The van der Waals surface area contributed by atoms with Gasteiger partial charge in [0.1, 0.15) is 17.5 Å². The van der Waals surface area contributed by atoms with E-state index < -0.39 is 12.0 Å². The van der Waals surface area contributed by atoms with Gasteiger partial charge in [-0.2, -0.15) is 0 Å². The van der Waals surface area contributed by atoms with Crippen molar-refractivity contribution in [2.24, 2.45) is 0 Å². The summed E-state index contributed by atoms with van der Waals surface area (Å²) in [6.45, 7) is 0. The highest BCUT2D eigenvalue weighted by Gasteiger charge is 2.09. The zero-order chi connectivity index (χ0) is 13.7. The zero-order valence-electron chi connectivity index (χ0n) is 10.4. The summed E-state index contributed by atoms with van der Waals surface area (Å²) in [5.74, 6) is 0.273. The number of ether oxygens (including phenoxy) is 1. The van der Waals surface area contributed by atoms with Gasteiger partial charge in [0.05, 0.1) is 5.97 Å². The quantitative estimate of drug-likeness (QED) is 0.841. The van der Waals surface area contributed by atoms with Gasteiger partial charge in [0.25, 0.3) is 0 Å². The van der Waals surface area contributed by atoms with Crippen molar-refractivity contribution in [3.63, 3.8) is 0 Å². The standard InChI is InChI=1S/C15H15NO3/c16-14(15(17)18)10-11-5-4-8-13(9-11)19-12-6-2-1-3-7-12/h1-9,14H,10,16H2,(H,17,18)/t14-/m1/s1. The van der Waals surface area contributed by atoms with Crippen LogP contribution in [0.25, 0.3) is 0 Å². The second-order valence-electron chi connectivity index (χ2n) is 4.28. The molecule has 1 atom stereocenters. The van der Waals surface area contributed by atoms with E-state index in [-0.39, 0.29) is 0 Å². The maximum absolute atomic E-state index is 10.7. The number of carboxylic acid groups (broad SMARTS) is 1. The van der Waals surface area contributed by atoms with E-state index in [4.69, 9.17) is 4.74 Å². The fourth-order valence-electron chi connectivity index (χ4n) is 1.73. The number of quaternary nitrogens is 1. The van der Waals surface area contributed by atoms with E-state index in [1.54, 1.807) is 0 Å². The molecule has 0 fully saturated rings. The lowest BCUT2D eigenvalue weighted by molar-refractivity contribution is -0.437. The number of para-hydroxylation sites is 1. The third kappa shape index (κ3) is 3.82. The Kier molecular flexibility index (Phi) is 4.15. The first kappa shape index (κ1) is 13.1. The van der Waals surface area contributed by atoms with Crippen LogP contribution in [0.15, 0.2) is 54.6 Å². The van der Waals surface area contributed by atoms with Crippen molar-refractivity contribution >= 4 is 5.97 Å². The maximum Gasteiger partial charge on any atom is 0.129 e. The van der Waals surface area contributed by atoms with Gasteiger partial charge in [0.2, 0.25) is 0 Å². The number of hydrogen-bond donors (Lipinski definition) is 1. The monoisotopic (exact) mass is 257 g/mol.